The van der Waals surface area contributed by atoms with E-state index in [1.807, 2.05) is 13.0 Å². The van der Waals surface area contributed by atoms with Crippen LogP contribution >= 0.6 is 11.3 Å². The lowest BCUT2D eigenvalue weighted by atomic mass is 10.0. The molecule has 2 aromatic rings. The minimum atomic E-state index is -0.267. The lowest BCUT2D eigenvalue weighted by Gasteiger charge is -2.05. The summed E-state index contributed by atoms with van der Waals surface area (Å²) in [7, 11) is 0. The number of nitrogens with one attached hydrogen (secondary N) is 1. The molecule has 1 heterocycles. The predicted octanol–water partition coefficient (Wildman–Crippen LogP) is 2.16. The molecule has 1 aromatic carbocycles. The number of benzene rings is 1. The van der Waals surface area contributed by atoms with E-state index >= 15 is 0 Å². The van der Waals surface area contributed by atoms with Gasteiger partial charge in [-0.3, -0.25) is 10.1 Å². The second kappa shape index (κ2) is 5.38. The van der Waals surface area contributed by atoms with Gasteiger partial charge < -0.3 is 0 Å². The number of nitriles is 1. The molecule has 0 radical (unpaired) electrons. The average molecular weight is 258 g/mol. The number of amides is 1. The maximum absolute atomic E-state index is 12.0. The zero-order chi connectivity index (χ0) is 13.0. The van der Waals surface area contributed by atoms with E-state index in [4.69, 9.17) is 5.26 Å². The van der Waals surface area contributed by atoms with Crippen LogP contribution in [0.4, 0.5) is 5.13 Å². The summed E-state index contributed by atoms with van der Waals surface area (Å²) in [5.41, 5.74) is 1.20. The van der Waals surface area contributed by atoms with Crippen LogP contribution in [0.15, 0.2) is 24.3 Å². The Kier molecular flexibility index (Phi) is 3.65. The molecule has 0 spiro atoms. The number of nitrogens with zero attached hydrogens (tertiary/aromatic N) is 3. The van der Waals surface area contributed by atoms with E-state index in [1.165, 1.54) is 11.3 Å². The second-order valence-corrected chi connectivity index (χ2v) is 4.75. The molecule has 1 amide bonds. The molecule has 5 nitrogen and oxygen atoms in total. The number of aryl methyl sites for hydroxylation is 1. The van der Waals surface area contributed by atoms with Gasteiger partial charge in [0.15, 0.2) is 0 Å². The van der Waals surface area contributed by atoms with Gasteiger partial charge in [-0.1, -0.05) is 29.5 Å². The third-order valence-electron chi connectivity index (χ3n) is 2.28. The lowest BCUT2D eigenvalue weighted by Crippen LogP contribution is -2.14. The normalized spacial score (nSPS) is 9.78. The van der Waals surface area contributed by atoms with E-state index in [1.54, 1.807) is 24.3 Å². The van der Waals surface area contributed by atoms with Crippen LogP contribution in [0.3, 0.4) is 0 Å². The molecule has 0 aliphatic rings. The van der Waals surface area contributed by atoms with Crippen molar-refractivity contribution >= 4 is 22.4 Å². The van der Waals surface area contributed by atoms with Crippen LogP contribution in [0.25, 0.3) is 0 Å². The molecular formula is C12H10N4OS. The first-order valence-electron chi connectivity index (χ1n) is 5.27. The fourth-order valence-corrected chi connectivity index (χ4v) is 2.08. The highest BCUT2D eigenvalue weighted by Crippen LogP contribution is 2.16. The molecular weight excluding hydrogens is 248 g/mol. The van der Waals surface area contributed by atoms with E-state index in [0.717, 1.165) is 5.01 Å². The van der Waals surface area contributed by atoms with Crippen LogP contribution in [0.1, 0.15) is 20.9 Å². The van der Waals surface area contributed by atoms with Gasteiger partial charge in [-0.05, 0) is 18.6 Å². The van der Waals surface area contributed by atoms with Gasteiger partial charge >= 0.3 is 0 Å². The van der Waals surface area contributed by atoms with Gasteiger partial charge in [-0.15, -0.1) is 10.2 Å². The molecule has 0 aliphatic carbocycles. The Hall–Kier alpha value is -2.26. The van der Waals surface area contributed by atoms with E-state index in [9.17, 15) is 4.79 Å². The summed E-state index contributed by atoms with van der Waals surface area (Å²) in [4.78, 5) is 12.0. The van der Waals surface area contributed by atoms with Gasteiger partial charge in [-0.2, -0.15) is 5.26 Å². The van der Waals surface area contributed by atoms with Crippen molar-refractivity contribution in [1.29, 1.82) is 5.26 Å². The highest BCUT2D eigenvalue weighted by atomic mass is 32.1. The van der Waals surface area contributed by atoms with Crippen molar-refractivity contribution in [2.45, 2.75) is 13.3 Å². The molecule has 90 valence electrons. The standard InChI is InChI=1S/C12H10N4OS/c1-8-15-16-12(18-8)14-11(17)10-5-3-2-4-9(10)6-7-13/h2-5H,6H2,1H3,(H,14,16,17). The largest absolute Gasteiger partial charge is 0.296 e. The first-order chi connectivity index (χ1) is 8.70. The van der Waals surface area contributed by atoms with Crippen LogP contribution in [-0.2, 0) is 6.42 Å². The van der Waals surface area contributed by atoms with Crippen LogP contribution in [0.2, 0.25) is 0 Å². The predicted molar refractivity (Wildman–Crippen MR) is 68.4 cm³/mol. The van der Waals surface area contributed by atoms with Gasteiger partial charge in [0.2, 0.25) is 5.13 Å². The SMILES string of the molecule is Cc1nnc(NC(=O)c2ccccc2CC#N)s1. The van der Waals surface area contributed by atoms with Crippen molar-refractivity contribution in [3.8, 4) is 6.07 Å². The second-order valence-electron chi connectivity index (χ2n) is 3.57. The Morgan fingerprint density at radius 2 is 2.22 bits per heavy atom. The Balaban J connectivity index is 2.21. The van der Waals surface area contributed by atoms with E-state index in [-0.39, 0.29) is 12.3 Å². The smallest absolute Gasteiger partial charge is 0.257 e. The van der Waals surface area contributed by atoms with Gasteiger partial charge in [0.1, 0.15) is 5.01 Å². The molecule has 0 saturated heterocycles. The van der Waals surface area contributed by atoms with Crippen molar-refractivity contribution in [2.75, 3.05) is 5.32 Å². The van der Waals surface area contributed by atoms with Crippen molar-refractivity contribution in [3.05, 3.63) is 40.4 Å². The zero-order valence-electron chi connectivity index (χ0n) is 9.67. The minimum Gasteiger partial charge on any atom is -0.296 e. The van der Waals surface area contributed by atoms with Gasteiger partial charge in [0.25, 0.3) is 5.91 Å². The summed E-state index contributed by atoms with van der Waals surface area (Å²) < 4.78 is 0. The first-order valence-corrected chi connectivity index (χ1v) is 6.08. The molecule has 1 N–H and O–H groups in total. The first kappa shape index (κ1) is 12.2. The molecule has 0 unspecified atom stereocenters. The number of hydrogen-bond acceptors (Lipinski definition) is 5. The molecule has 0 aliphatic heterocycles. The van der Waals surface area contributed by atoms with Crippen molar-refractivity contribution < 1.29 is 4.79 Å². The Labute approximate surface area is 108 Å². The molecule has 2 rings (SSSR count). The van der Waals surface area contributed by atoms with E-state index in [2.05, 4.69) is 15.5 Å². The molecule has 0 fully saturated rings. The number of hydrogen-bond donors (Lipinski definition) is 1. The van der Waals surface area contributed by atoms with Gasteiger partial charge in [0, 0.05) is 5.56 Å². The zero-order valence-corrected chi connectivity index (χ0v) is 10.5. The number of anilines is 1. The van der Waals surface area contributed by atoms with Crippen molar-refractivity contribution in [2.24, 2.45) is 0 Å². The highest BCUT2D eigenvalue weighted by Gasteiger charge is 2.12. The fourth-order valence-electron chi connectivity index (χ4n) is 1.49. The van der Waals surface area contributed by atoms with Crippen LogP contribution in [0, 0.1) is 18.3 Å². The van der Waals surface area contributed by atoms with Crippen molar-refractivity contribution in [1.82, 2.24) is 10.2 Å². The summed E-state index contributed by atoms with van der Waals surface area (Å²) in [6, 6.07) is 9.07. The molecule has 6 heteroatoms. The molecule has 1 aromatic heterocycles. The summed E-state index contributed by atoms with van der Waals surface area (Å²) >= 11 is 1.31. The number of carbonyl (C=O) groups is 1. The maximum atomic E-state index is 12.0. The van der Waals surface area contributed by atoms with Crippen molar-refractivity contribution in [3.63, 3.8) is 0 Å². The summed E-state index contributed by atoms with van der Waals surface area (Å²) in [6.45, 7) is 1.82. The van der Waals surface area contributed by atoms with Gasteiger partial charge in [0.05, 0.1) is 12.5 Å². The molecule has 0 atom stereocenters. The minimum absolute atomic E-state index is 0.207. The number of rotatable bonds is 3. The monoisotopic (exact) mass is 258 g/mol. The van der Waals surface area contributed by atoms with Crippen LogP contribution in [-0.4, -0.2) is 16.1 Å². The highest BCUT2D eigenvalue weighted by molar-refractivity contribution is 7.15. The third-order valence-corrected chi connectivity index (χ3v) is 3.03. The number of aromatic nitrogens is 2. The maximum Gasteiger partial charge on any atom is 0.257 e. The number of carbonyl (C=O) groups excluding carboxylic acids is 1. The summed E-state index contributed by atoms with van der Waals surface area (Å²) in [6.07, 6.45) is 0.207. The molecule has 18 heavy (non-hydrogen) atoms. The third kappa shape index (κ3) is 2.70. The van der Waals surface area contributed by atoms with Gasteiger partial charge in [-0.25, -0.2) is 0 Å². The Morgan fingerprint density at radius 3 is 2.89 bits per heavy atom. The molecule has 0 saturated carbocycles. The lowest BCUT2D eigenvalue weighted by molar-refractivity contribution is 0.102. The topological polar surface area (TPSA) is 78.7 Å². The Morgan fingerprint density at radius 1 is 1.44 bits per heavy atom. The summed E-state index contributed by atoms with van der Waals surface area (Å²) in [5.74, 6) is -0.267. The van der Waals surface area contributed by atoms with E-state index < -0.39 is 0 Å². The van der Waals surface area contributed by atoms with Crippen LogP contribution < -0.4 is 5.32 Å². The Bertz CT molecular complexity index is 615. The fraction of sp³-hybridized carbons (Fsp3) is 0.167. The van der Waals surface area contributed by atoms with Crippen LogP contribution in [0.5, 0.6) is 0 Å². The quantitative estimate of drug-likeness (QED) is 0.915. The average Bonchev–Trinajstić information content (AvgIpc) is 2.76. The van der Waals surface area contributed by atoms with E-state index in [0.29, 0.717) is 16.3 Å². The summed E-state index contributed by atoms with van der Waals surface area (Å²) in [5, 5.41) is 20.3. The molecule has 0 bridgehead atoms.